The largest absolute Gasteiger partial charge is 0.493 e. The number of carbonyl (C=O) groups is 1. The molecule has 1 aromatic heterocycles. The number of hydrogen-bond acceptors (Lipinski definition) is 7. The number of rotatable bonds is 5. The van der Waals surface area contributed by atoms with Crippen molar-refractivity contribution in [2.45, 2.75) is 6.92 Å². The maximum absolute atomic E-state index is 12.2. The number of nitrogens with zero attached hydrogens (tertiary/aromatic N) is 1. The molecule has 4 rings (SSSR count). The summed E-state index contributed by atoms with van der Waals surface area (Å²) in [4.78, 5) is 30.4. The Bertz CT molecular complexity index is 1110. The molecule has 1 aliphatic rings. The number of aromatic carboxylic acids is 1. The normalized spacial score (nSPS) is 12.0. The first kappa shape index (κ1) is 17.6. The average molecular weight is 379 g/mol. The third kappa shape index (κ3) is 3.14. The summed E-state index contributed by atoms with van der Waals surface area (Å²) in [5.74, 6) is 0.437. The SMILES string of the molecule is CCOc1cc(-c2nc3c(c(=O)[nH]2)NNN3)ccc1-c1ccc(C(=O)O)cc1. The second-order valence-electron chi connectivity index (χ2n) is 6.04. The number of H-pyrrole nitrogens is 1. The molecular formula is C19H17N5O4. The molecule has 5 N–H and O–H groups in total. The monoisotopic (exact) mass is 379 g/mol. The molecule has 0 saturated carbocycles. The number of nitrogens with one attached hydrogen (secondary N) is 4. The first-order valence-electron chi connectivity index (χ1n) is 8.59. The Morgan fingerprint density at radius 3 is 2.57 bits per heavy atom. The molecule has 3 aromatic rings. The Morgan fingerprint density at radius 1 is 1.11 bits per heavy atom. The first-order valence-corrected chi connectivity index (χ1v) is 8.59. The predicted octanol–water partition coefficient (Wildman–Crippen LogP) is 2.46. The Morgan fingerprint density at radius 2 is 1.86 bits per heavy atom. The number of aromatic nitrogens is 2. The van der Waals surface area contributed by atoms with E-state index in [9.17, 15) is 9.59 Å². The third-order valence-electron chi connectivity index (χ3n) is 4.29. The van der Waals surface area contributed by atoms with Gasteiger partial charge in [0.2, 0.25) is 0 Å². The van der Waals surface area contributed by atoms with Crippen molar-refractivity contribution in [3.63, 3.8) is 0 Å². The predicted molar refractivity (Wildman–Crippen MR) is 104 cm³/mol. The number of anilines is 2. The molecule has 2 aromatic carbocycles. The Balaban J connectivity index is 1.76. The van der Waals surface area contributed by atoms with E-state index in [2.05, 4.69) is 26.4 Å². The van der Waals surface area contributed by atoms with Crippen LogP contribution in [0.4, 0.5) is 11.5 Å². The molecule has 0 radical (unpaired) electrons. The van der Waals surface area contributed by atoms with Crippen LogP contribution in [0.25, 0.3) is 22.5 Å². The summed E-state index contributed by atoms with van der Waals surface area (Å²) in [5.41, 5.74) is 10.6. The van der Waals surface area contributed by atoms with Crippen molar-refractivity contribution in [2.24, 2.45) is 0 Å². The average Bonchev–Trinajstić information content (AvgIpc) is 3.18. The maximum atomic E-state index is 12.2. The third-order valence-corrected chi connectivity index (χ3v) is 4.29. The quantitative estimate of drug-likeness (QED) is 0.457. The van der Waals surface area contributed by atoms with Crippen molar-refractivity contribution in [1.29, 1.82) is 0 Å². The highest BCUT2D eigenvalue weighted by Gasteiger charge is 2.18. The fraction of sp³-hybridized carbons (Fsp3) is 0.105. The Kier molecular flexibility index (Phi) is 4.42. The summed E-state index contributed by atoms with van der Waals surface area (Å²) in [6, 6.07) is 12.0. The number of hydrazine groups is 2. The van der Waals surface area contributed by atoms with E-state index in [0.717, 1.165) is 11.1 Å². The summed E-state index contributed by atoms with van der Waals surface area (Å²) in [7, 11) is 0. The minimum Gasteiger partial charge on any atom is -0.493 e. The van der Waals surface area contributed by atoms with Gasteiger partial charge < -0.3 is 14.8 Å². The lowest BCUT2D eigenvalue weighted by molar-refractivity contribution is 0.0697. The number of hydrogen-bond donors (Lipinski definition) is 5. The molecule has 142 valence electrons. The van der Waals surface area contributed by atoms with E-state index in [1.165, 1.54) is 0 Å². The molecular weight excluding hydrogens is 362 g/mol. The Labute approximate surface area is 159 Å². The molecule has 2 heterocycles. The van der Waals surface area contributed by atoms with Crippen LogP contribution in [0.3, 0.4) is 0 Å². The van der Waals surface area contributed by atoms with Crippen LogP contribution >= 0.6 is 0 Å². The van der Waals surface area contributed by atoms with Gasteiger partial charge in [-0.15, -0.1) is 5.53 Å². The van der Waals surface area contributed by atoms with Crippen LogP contribution in [-0.2, 0) is 0 Å². The van der Waals surface area contributed by atoms with Crippen LogP contribution in [0, 0.1) is 0 Å². The smallest absolute Gasteiger partial charge is 0.335 e. The van der Waals surface area contributed by atoms with Gasteiger partial charge in [0.1, 0.15) is 11.6 Å². The molecule has 0 atom stereocenters. The fourth-order valence-corrected chi connectivity index (χ4v) is 2.94. The van der Waals surface area contributed by atoms with E-state index >= 15 is 0 Å². The van der Waals surface area contributed by atoms with E-state index in [1.54, 1.807) is 30.3 Å². The molecule has 9 nitrogen and oxygen atoms in total. The number of fused-ring (bicyclic) bond motifs is 1. The lowest BCUT2D eigenvalue weighted by Gasteiger charge is -2.13. The van der Waals surface area contributed by atoms with Crippen LogP contribution in [0.15, 0.2) is 47.3 Å². The van der Waals surface area contributed by atoms with E-state index in [0.29, 0.717) is 35.2 Å². The second kappa shape index (κ2) is 7.05. The zero-order chi connectivity index (χ0) is 19.7. The molecule has 0 aliphatic carbocycles. The number of carboxylic acids is 1. The highest BCUT2D eigenvalue weighted by atomic mass is 16.5. The van der Waals surface area contributed by atoms with E-state index in [4.69, 9.17) is 9.84 Å². The van der Waals surface area contributed by atoms with Crippen molar-refractivity contribution >= 4 is 17.5 Å². The zero-order valence-electron chi connectivity index (χ0n) is 14.9. The van der Waals surface area contributed by atoms with Crippen molar-refractivity contribution in [1.82, 2.24) is 15.5 Å². The van der Waals surface area contributed by atoms with Gasteiger partial charge in [0.25, 0.3) is 5.56 Å². The highest BCUT2D eigenvalue weighted by Crippen LogP contribution is 2.34. The summed E-state index contributed by atoms with van der Waals surface area (Å²) in [6.45, 7) is 2.33. The van der Waals surface area contributed by atoms with Crippen LogP contribution in [0.1, 0.15) is 17.3 Å². The van der Waals surface area contributed by atoms with Crippen LogP contribution in [0.5, 0.6) is 5.75 Å². The molecule has 0 saturated heterocycles. The van der Waals surface area contributed by atoms with Gasteiger partial charge in [-0.2, -0.15) is 0 Å². The van der Waals surface area contributed by atoms with Crippen molar-refractivity contribution in [3.8, 4) is 28.3 Å². The van der Waals surface area contributed by atoms with Crippen molar-refractivity contribution in [2.75, 3.05) is 17.5 Å². The molecule has 0 spiro atoms. The van der Waals surface area contributed by atoms with Gasteiger partial charge in [0.15, 0.2) is 11.5 Å². The van der Waals surface area contributed by atoms with Crippen LogP contribution in [0.2, 0.25) is 0 Å². The van der Waals surface area contributed by atoms with Gasteiger partial charge in [0, 0.05) is 11.1 Å². The molecule has 28 heavy (non-hydrogen) atoms. The number of ether oxygens (including phenoxy) is 1. The number of carboxylic acid groups (broad SMARTS) is 1. The molecule has 0 unspecified atom stereocenters. The van der Waals surface area contributed by atoms with Gasteiger partial charge in [-0.25, -0.2) is 9.78 Å². The second-order valence-corrected chi connectivity index (χ2v) is 6.04. The molecule has 0 fully saturated rings. The van der Waals surface area contributed by atoms with Gasteiger partial charge in [-0.05, 0) is 36.8 Å². The summed E-state index contributed by atoms with van der Waals surface area (Å²) in [5, 5.41) is 9.06. The lowest BCUT2D eigenvalue weighted by Crippen LogP contribution is -2.21. The van der Waals surface area contributed by atoms with Crippen LogP contribution < -0.4 is 26.7 Å². The zero-order valence-corrected chi connectivity index (χ0v) is 14.9. The number of benzene rings is 2. The molecule has 0 bridgehead atoms. The first-order chi connectivity index (χ1) is 13.6. The summed E-state index contributed by atoms with van der Waals surface area (Å²) >= 11 is 0. The maximum Gasteiger partial charge on any atom is 0.335 e. The van der Waals surface area contributed by atoms with Gasteiger partial charge in [0.05, 0.1) is 12.2 Å². The van der Waals surface area contributed by atoms with Gasteiger partial charge in [-0.3, -0.25) is 15.6 Å². The van der Waals surface area contributed by atoms with Gasteiger partial charge >= 0.3 is 5.97 Å². The van der Waals surface area contributed by atoms with Crippen LogP contribution in [-0.4, -0.2) is 27.7 Å². The molecule has 0 amide bonds. The van der Waals surface area contributed by atoms with E-state index < -0.39 is 5.97 Å². The van der Waals surface area contributed by atoms with E-state index in [-0.39, 0.29) is 11.1 Å². The highest BCUT2D eigenvalue weighted by molar-refractivity contribution is 5.88. The topological polar surface area (TPSA) is 128 Å². The minimum atomic E-state index is -0.976. The minimum absolute atomic E-state index is 0.216. The van der Waals surface area contributed by atoms with E-state index in [1.807, 2.05) is 19.1 Å². The molecule has 1 aliphatic heterocycles. The standard InChI is InChI=1S/C19H17N5O4/c1-2-28-14-9-12(16-20-17-15(18(25)21-16)22-24-23-17)7-8-13(14)10-3-5-11(6-4-10)19(26)27/h3-9,22,24H,2H2,1H3,(H,26,27)(H2,20,21,23,25). The fourth-order valence-electron chi connectivity index (χ4n) is 2.94. The summed E-state index contributed by atoms with van der Waals surface area (Å²) < 4.78 is 5.78. The van der Waals surface area contributed by atoms with Crippen molar-refractivity contribution in [3.05, 3.63) is 58.4 Å². The number of aromatic amines is 1. The lowest BCUT2D eigenvalue weighted by atomic mass is 10.0. The molecule has 9 heteroatoms. The summed E-state index contributed by atoms with van der Waals surface area (Å²) in [6.07, 6.45) is 0. The van der Waals surface area contributed by atoms with Crippen molar-refractivity contribution < 1.29 is 14.6 Å². The van der Waals surface area contributed by atoms with Gasteiger partial charge in [-0.1, -0.05) is 18.2 Å². The Hall–Kier alpha value is -3.85.